The van der Waals surface area contributed by atoms with Crippen LogP contribution in [0.25, 0.3) is 54.2 Å². The molecule has 0 aliphatic rings. The second-order valence-corrected chi connectivity index (χ2v) is 7.70. The highest BCUT2D eigenvalue weighted by atomic mass is 16.3. The van der Waals surface area contributed by atoms with E-state index in [0.29, 0.717) is 5.69 Å². The van der Waals surface area contributed by atoms with Crippen LogP contribution in [0.5, 0.6) is 0 Å². The van der Waals surface area contributed by atoms with Crippen LogP contribution in [0.15, 0.2) is 108 Å². The van der Waals surface area contributed by atoms with E-state index in [-0.39, 0.29) is 0 Å². The van der Waals surface area contributed by atoms with E-state index in [1.165, 1.54) is 16.2 Å². The molecule has 6 aromatic rings. The van der Waals surface area contributed by atoms with Gasteiger partial charge in [0.15, 0.2) is 0 Å². The predicted molar refractivity (Wildman–Crippen MR) is 127 cm³/mol. The van der Waals surface area contributed by atoms with Gasteiger partial charge in [0, 0.05) is 5.56 Å². The van der Waals surface area contributed by atoms with Crippen LogP contribution in [0.1, 0.15) is 0 Å². The first kappa shape index (κ1) is 16.9. The maximum atomic E-state index is 11.8. The van der Waals surface area contributed by atoms with Gasteiger partial charge in [-0.1, -0.05) is 72.8 Å². The molecule has 0 bridgehead atoms. The number of hydrogen-bond acceptors (Lipinski definition) is 2. The van der Waals surface area contributed by atoms with Crippen LogP contribution in [0, 0.1) is 4.91 Å². The fourth-order valence-corrected chi connectivity index (χ4v) is 4.55. The Kier molecular flexibility index (Phi) is 3.65. The van der Waals surface area contributed by atoms with Crippen molar-refractivity contribution in [3.05, 3.63) is 108 Å². The van der Waals surface area contributed by atoms with E-state index in [4.69, 9.17) is 0 Å². The van der Waals surface area contributed by atoms with Gasteiger partial charge >= 0.3 is 0 Å². The average molecular weight is 383 g/mol. The van der Waals surface area contributed by atoms with Crippen LogP contribution in [0.4, 0.5) is 5.69 Å². The lowest BCUT2D eigenvalue weighted by atomic mass is 9.90. The Hall–Kier alpha value is -4.04. The summed E-state index contributed by atoms with van der Waals surface area (Å²) in [4.78, 5) is 11.8. The molecule has 0 saturated heterocycles. The van der Waals surface area contributed by atoms with Gasteiger partial charge in [0.05, 0.1) is 0 Å². The van der Waals surface area contributed by atoms with Crippen molar-refractivity contribution in [1.82, 2.24) is 0 Å². The normalized spacial score (nSPS) is 11.5. The molecule has 0 unspecified atom stereocenters. The van der Waals surface area contributed by atoms with E-state index in [1.54, 1.807) is 0 Å². The van der Waals surface area contributed by atoms with Crippen LogP contribution < -0.4 is 0 Å². The molecule has 6 aromatic carbocycles. The van der Waals surface area contributed by atoms with Crippen molar-refractivity contribution in [2.24, 2.45) is 5.18 Å². The highest BCUT2D eigenvalue weighted by Gasteiger charge is 2.15. The smallest absolute Gasteiger partial charge is 0.116 e. The molecule has 0 saturated carbocycles. The molecule has 0 radical (unpaired) electrons. The first-order valence-corrected chi connectivity index (χ1v) is 10.0. The zero-order valence-electron chi connectivity index (χ0n) is 16.2. The molecule has 0 N–H and O–H groups in total. The van der Waals surface area contributed by atoms with Gasteiger partial charge in [-0.15, -0.1) is 4.91 Å². The summed E-state index contributed by atoms with van der Waals surface area (Å²) in [6.45, 7) is 0. The van der Waals surface area contributed by atoms with Gasteiger partial charge in [0.25, 0.3) is 0 Å². The van der Waals surface area contributed by atoms with Crippen LogP contribution >= 0.6 is 0 Å². The third kappa shape index (κ3) is 2.51. The molecule has 0 atom stereocenters. The molecule has 6 rings (SSSR count). The predicted octanol–water partition coefficient (Wildman–Crippen LogP) is 8.36. The van der Waals surface area contributed by atoms with Crippen LogP contribution in [-0.2, 0) is 0 Å². The Morgan fingerprint density at radius 1 is 0.467 bits per heavy atom. The van der Waals surface area contributed by atoms with E-state index in [1.807, 2.05) is 24.3 Å². The maximum Gasteiger partial charge on any atom is 0.116 e. The van der Waals surface area contributed by atoms with Crippen molar-refractivity contribution >= 4 is 48.8 Å². The van der Waals surface area contributed by atoms with Gasteiger partial charge in [-0.25, -0.2) is 0 Å². The summed E-state index contributed by atoms with van der Waals surface area (Å²) >= 11 is 0. The van der Waals surface area contributed by atoms with Crippen molar-refractivity contribution in [2.45, 2.75) is 0 Å². The van der Waals surface area contributed by atoms with E-state index in [0.717, 1.165) is 38.1 Å². The lowest BCUT2D eigenvalue weighted by Gasteiger charge is -2.14. The molecular formula is C28H17NO. The topological polar surface area (TPSA) is 29.4 Å². The molecule has 0 aromatic heterocycles. The Bertz CT molecular complexity index is 1610. The second kappa shape index (κ2) is 6.50. The van der Waals surface area contributed by atoms with Gasteiger partial charge in [-0.2, -0.15) is 0 Å². The average Bonchev–Trinajstić information content (AvgIpc) is 2.80. The largest absolute Gasteiger partial charge is 0.145 e. The fourth-order valence-electron chi connectivity index (χ4n) is 4.55. The van der Waals surface area contributed by atoms with Crippen molar-refractivity contribution < 1.29 is 0 Å². The summed E-state index contributed by atoms with van der Waals surface area (Å²) in [5, 5.41) is 12.6. The summed E-state index contributed by atoms with van der Waals surface area (Å²) in [5.74, 6) is 0. The fraction of sp³-hybridized carbons (Fsp3) is 0. The quantitative estimate of drug-likeness (QED) is 0.218. The first-order valence-electron chi connectivity index (χ1n) is 10.0. The molecule has 0 fully saturated rings. The Labute approximate surface area is 173 Å². The molecule has 0 spiro atoms. The van der Waals surface area contributed by atoms with E-state index in [2.05, 4.69) is 84.0 Å². The molecule has 2 heteroatoms. The van der Waals surface area contributed by atoms with E-state index in [9.17, 15) is 4.91 Å². The first-order chi connectivity index (χ1) is 14.8. The van der Waals surface area contributed by atoms with Gasteiger partial charge in [0.2, 0.25) is 0 Å². The number of nitroso groups, excluding NO2 is 1. The Morgan fingerprint density at radius 3 is 1.63 bits per heavy atom. The third-order valence-electron chi connectivity index (χ3n) is 5.98. The minimum Gasteiger partial charge on any atom is -0.145 e. The standard InChI is InChI=1S/C28H17NO/c30-29-27-13-12-23-15-19-7-2-4-9-21(19)17-26(23)28(27)24-11-5-10-22-14-18-6-1-3-8-20(18)16-25(22)24/h1-17H. The summed E-state index contributed by atoms with van der Waals surface area (Å²) in [6.07, 6.45) is 0. The van der Waals surface area contributed by atoms with Crippen molar-refractivity contribution in [1.29, 1.82) is 0 Å². The summed E-state index contributed by atoms with van der Waals surface area (Å²) in [5.41, 5.74) is 2.40. The lowest BCUT2D eigenvalue weighted by Crippen LogP contribution is -1.87. The minimum atomic E-state index is 0.471. The van der Waals surface area contributed by atoms with Crippen molar-refractivity contribution in [2.75, 3.05) is 0 Å². The Morgan fingerprint density at radius 2 is 1.00 bits per heavy atom. The highest BCUT2D eigenvalue weighted by Crippen LogP contribution is 2.42. The molecular weight excluding hydrogens is 366 g/mol. The lowest BCUT2D eigenvalue weighted by molar-refractivity contribution is 1.52. The van der Waals surface area contributed by atoms with Gasteiger partial charge in [0.1, 0.15) is 5.69 Å². The monoisotopic (exact) mass is 383 g/mol. The highest BCUT2D eigenvalue weighted by molar-refractivity contribution is 6.14. The maximum absolute atomic E-state index is 11.8. The molecule has 0 heterocycles. The van der Waals surface area contributed by atoms with E-state index < -0.39 is 0 Å². The third-order valence-corrected chi connectivity index (χ3v) is 5.98. The number of hydrogen-bond donors (Lipinski definition) is 0. The van der Waals surface area contributed by atoms with Crippen molar-refractivity contribution in [3.63, 3.8) is 0 Å². The molecule has 0 aliphatic carbocycles. The molecule has 0 amide bonds. The number of fused-ring (bicyclic) bond motifs is 4. The zero-order valence-corrected chi connectivity index (χ0v) is 16.2. The summed E-state index contributed by atoms with van der Waals surface area (Å²) in [6, 6.07) is 35.6. The van der Waals surface area contributed by atoms with Crippen LogP contribution in [0.2, 0.25) is 0 Å². The zero-order chi connectivity index (χ0) is 20.1. The molecule has 30 heavy (non-hydrogen) atoms. The Balaban J connectivity index is 1.77. The summed E-state index contributed by atoms with van der Waals surface area (Å²) in [7, 11) is 0. The molecule has 2 nitrogen and oxygen atoms in total. The molecule has 140 valence electrons. The number of nitrogens with zero attached hydrogens (tertiary/aromatic N) is 1. The minimum absolute atomic E-state index is 0.471. The van der Waals surface area contributed by atoms with Gasteiger partial charge < -0.3 is 0 Å². The number of rotatable bonds is 2. The van der Waals surface area contributed by atoms with Crippen molar-refractivity contribution in [3.8, 4) is 11.1 Å². The summed E-state index contributed by atoms with van der Waals surface area (Å²) < 4.78 is 0. The van der Waals surface area contributed by atoms with E-state index >= 15 is 0 Å². The van der Waals surface area contributed by atoms with Gasteiger partial charge in [-0.05, 0) is 84.2 Å². The second-order valence-electron chi connectivity index (χ2n) is 7.70. The van der Waals surface area contributed by atoms with Gasteiger partial charge in [-0.3, -0.25) is 0 Å². The van der Waals surface area contributed by atoms with Crippen LogP contribution in [-0.4, -0.2) is 0 Å². The SMILES string of the molecule is O=Nc1ccc2cc3ccccc3cc2c1-c1cccc2cc3ccccc3cc12. The number of benzene rings is 6. The van der Waals surface area contributed by atoms with Crippen LogP contribution in [0.3, 0.4) is 0 Å². The molecule has 0 aliphatic heterocycles.